The fourth-order valence-electron chi connectivity index (χ4n) is 10.7. The summed E-state index contributed by atoms with van der Waals surface area (Å²) in [4.78, 5) is 0. The molecule has 2 aromatic carbocycles. The van der Waals surface area contributed by atoms with E-state index in [0.29, 0.717) is 32.0 Å². The molecule has 0 fully saturated rings. The molecule has 0 amide bonds. The second-order valence-electron chi connectivity index (χ2n) is 21.9. The molecule has 416 valence electrons. The van der Waals surface area contributed by atoms with Crippen LogP contribution in [0.2, 0.25) is 0 Å². The summed E-state index contributed by atoms with van der Waals surface area (Å²) in [5.74, 6) is 1.49. The minimum absolute atomic E-state index is 0.295. The number of ether oxygens (including phenoxy) is 4. The molecule has 1 aliphatic rings. The van der Waals surface area contributed by atoms with Crippen molar-refractivity contribution in [1.29, 1.82) is 10.5 Å². The van der Waals surface area contributed by atoms with E-state index >= 15 is 0 Å². The van der Waals surface area contributed by atoms with E-state index in [2.05, 4.69) is 70.2 Å². The first-order valence-electron chi connectivity index (χ1n) is 31.6. The Morgan fingerprint density at radius 2 is 0.784 bits per heavy atom. The van der Waals surface area contributed by atoms with Gasteiger partial charge in [0.05, 0.1) is 24.9 Å². The van der Waals surface area contributed by atoms with Gasteiger partial charge in [-0.1, -0.05) is 295 Å². The molecule has 0 bridgehead atoms. The van der Waals surface area contributed by atoms with Crippen LogP contribution in [0, 0.1) is 22.7 Å². The van der Waals surface area contributed by atoms with E-state index in [1.807, 2.05) is 24.3 Å². The van der Waals surface area contributed by atoms with Crippen molar-refractivity contribution in [3.05, 3.63) is 71.3 Å². The molecule has 3 rings (SSSR count). The fourth-order valence-corrected chi connectivity index (χ4v) is 10.7. The van der Waals surface area contributed by atoms with Gasteiger partial charge in [-0.2, -0.15) is 10.5 Å². The Morgan fingerprint density at radius 1 is 0.405 bits per heavy atom. The maximum Gasteiger partial charge on any atom is 0.219 e. The number of benzene rings is 2. The molecule has 0 aliphatic heterocycles. The highest BCUT2D eigenvalue weighted by Gasteiger charge is 2.51. The molecule has 0 saturated heterocycles. The lowest BCUT2D eigenvalue weighted by Crippen LogP contribution is -2.49. The van der Waals surface area contributed by atoms with Gasteiger partial charge >= 0.3 is 0 Å². The smallest absolute Gasteiger partial charge is 0.219 e. The number of hydrogen-bond donors (Lipinski definition) is 0. The van der Waals surface area contributed by atoms with Crippen LogP contribution in [0.4, 0.5) is 0 Å². The summed E-state index contributed by atoms with van der Waals surface area (Å²) in [6.07, 6.45) is 51.0. The van der Waals surface area contributed by atoms with Crippen LogP contribution < -0.4 is 9.47 Å². The predicted octanol–water partition coefficient (Wildman–Crippen LogP) is 21.2. The summed E-state index contributed by atoms with van der Waals surface area (Å²) in [6, 6.07) is 21.7. The van der Waals surface area contributed by atoms with Crippen LogP contribution >= 0.6 is 0 Å². The first kappa shape index (κ1) is 64.7. The molecular formula is C68H110N2O4. The molecule has 0 heterocycles. The van der Waals surface area contributed by atoms with Crippen LogP contribution in [0.1, 0.15) is 296 Å². The summed E-state index contributed by atoms with van der Waals surface area (Å²) < 4.78 is 27.1. The van der Waals surface area contributed by atoms with E-state index < -0.39 is 11.7 Å². The highest BCUT2D eigenvalue weighted by Crippen LogP contribution is 2.47. The van der Waals surface area contributed by atoms with Crippen molar-refractivity contribution >= 4 is 11.1 Å². The zero-order chi connectivity index (χ0) is 52.8. The highest BCUT2D eigenvalue weighted by molar-refractivity contribution is 6.01. The van der Waals surface area contributed by atoms with E-state index in [9.17, 15) is 10.5 Å². The second-order valence-corrected chi connectivity index (χ2v) is 21.9. The Bertz CT molecular complexity index is 1810. The van der Waals surface area contributed by atoms with E-state index in [1.54, 1.807) is 0 Å². The van der Waals surface area contributed by atoms with Crippen molar-refractivity contribution in [2.24, 2.45) is 0 Å². The molecule has 6 heteroatoms. The molecule has 0 saturated carbocycles. The number of hydrogen-bond acceptors (Lipinski definition) is 6. The van der Waals surface area contributed by atoms with E-state index in [4.69, 9.17) is 18.9 Å². The van der Waals surface area contributed by atoms with Crippen molar-refractivity contribution in [3.8, 4) is 23.6 Å². The lowest BCUT2D eigenvalue weighted by Gasteiger charge is -2.40. The standard InChI is InChI=1S/C68H110N2O4/c1-5-9-13-17-21-25-29-33-37-44-52-71-64-51-50-61(56-65(64)72-53-45-38-34-30-26-22-18-14-10-6-2)63-57-62(58-69)68(59-70,74-55-47-40-36-32-28-24-20-16-12-8-4)67(66(63)60-48-42-41-43-49-60)73-54-46-39-35-31-27-23-19-15-11-7-3/h41-43,48-51,56-57,67H,5-40,44-47,52-55H2,1-4H3. The Balaban J connectivity index is 1.90. The molecule has 1 aliphatic carbocycles. The zero-order valence-electron chi connectivity index (χ0n) is 48.4. The third-order valence-corrected chi connectivity index (χ3v) is 15.4. The Hall–Kier alpha value is -3.58. The van der Waals surface area contributed by atoms with Crippen LogP contribution in [0.3, 0.4) is 0 Å². The number of nitriles is 2. The lowest BCUT2D eigenvalue weighted by atomic mass is 9.74. The first-order chi connectivity index (χ1) is 36.6. The molecule has 0 radical (unpaired) electrons. The van der Waals surface area contributed by atoms with Crippen molar-refractivity contribution < 1.29 is 18.9 Å². The molecule has 2 unspecified atom stereocenters. The van der Waals surface area contributed by atoms with Gasteiger partial charge < -0.3 is 18.9 Å². The monoisotopic (exact) mass is 1020 g/mol. The minimum atomic E-state index is -1.59. The Labute approximate surface area is 456 Å². The highest BCUT2D eigenvalue weighted by atomic mass is 16.6. The maximum absolute atomic E-state index is 11.4. The van der Waals surface area contributed by atoms with Crippen molar-refractivity contribution in [2.75, 3.05) is 26.4 Å². The maximum atomic E-state index is 11.4. The number of unbranched alkanes of at least 4 members (excludes halogenated alkanes) is 36. The van der Waals surface area contributed by atoms with Gasteiger partial charge in [-0.25, -0.2) is 0 Å². The second kappa shape index (κ2) is 44.5. The molecule has 0 spiro atoms. The number of rotatable bonds is 50. The van der Waals surface area contributed by atoms with Gasteiger partial charge in [0.2, 0.25) is 5.60 Å². The van der Waals surface area contributed by atoms with Gasteiger partial charge in [0, 0.05) is 18.8 Å². The number of allylic oxidation sites excluding steroid dienone is 2. The average Bonchev–Trinajstić information content (AvgIpc) is 3.42. The molecule has 0 aromatic heterocycles. The molecule has 6 nitrogen and oxygen atoms in total. The van der Waals surface area contributed by atoms with Crippen LogP contribution in [0.5, 0.6) is 11.5 Å². The van der Waals surface area contributed by atoms with Gasteiger partial charge in [-0.05, 0) is 60.6 Å². The zero-order valence-corrected chi connectivity index (χ0v) is 48.4. The van der Waals surface area contributed by atoms with Gasteiger partial charge in [-0.15, -0.1) is 0 Å². The average molecular weight is 1020 g/mol. The molecule has 0 N–H and O–H groups in total. The van der Waals surface area contributed by atoms with Crippen molar-refractivity contribution in [3.63, 3.8) is 0 Å². The Kier molecular flexibility index (Phi) is 38.9. The van der Waals surface area contributed by atoms with Crippen LogP contribution in [0.15, 0.2) is 60.2 Å². The summed E-state index contributed by atoms with van der Waals surface area (Å²) in [6.45, 7) is 11.2. The molecule has 74 heavy (non-hydrogen) atoms. The third-order valence-electron chi connectivity index (χ3n) is 15.4. The van der Waals surface area contributed by atoms with Crippen molar-refractivity contribution in [2.45, 2.75) is 296 Å². The van der Waals surface area contributed by atoms with Crippen LogP contribution in [0.25, 0.3) is 11.1 Å². The summed E-state index contributed by atoms with van der Waals surface area (Å²) in [7, 11) is 0. The largest absolute Gasteiger partial charge is 0.490 e. The minimum Gasteiger partial charge on any atom is -0.490 e. The van der Waals surface area contributed by atoms with E-state index in [-0.39, 0.29) is 0 Å². The normalized spacial score (nSPS) is 15.5. The van der Waals surface area contributed by atoms with Crippen molar-refractivity contribution in [1.82, 2.24) is 0 Å². The fraction of sp³-hybridized carbons (Fsp3) is 0.735. The topological polar surface area (TPSA) is 84.5 Å². The quantitative estimate of drug-likeness (QED) is 0.0614. The van der Waals surface area contributed by atoms with Gasteiger partial charge in [0.1, 0.15) is 12.2 Å². The molecular weight excluding hydrogens is 909 g/mol. The van der Waals surface area contributed by atoms with E-state index in [0.717, 1.165) is 85.1 Å². The third kappa shape index (κ3) is 27.0. The summed E-state index contributed by atoms with van der Waals surface area (Å²) in [5.41, 5.74) is 2.31. The van der Waals surface area contributed by atoms with Gasteiger partial charge in [0.15, 0.2) is 11.5 Å². The van der Waals surface area contributed by atoms with E-state index in [1.165, 1.54) is 205 Å². The lowest BCUT2D eigenvalue weighted by molar-refractivity contribution is -0.0705. The first-order valence-corrected chi connectivity index (χ1v) is 31.6. The Morgan fingerprint density at radius 3 is 1.19 bits per heavy atom. The van der Waals surface area contributed by atoms with Crippen LogP contribution in [-0.4, -0.2) is 38.1 Å². The molecule has 2 atom stereocenters. The SMILES string of the molecule is CCCCCCCCCCCCOc1ccc(C2=C(c3ccccc3)C(OCCCCCCCCCCCC)C(C#N)(OCCCCCCCCCCCC)C(C#N)=C2)cc1OCCCCCCCCCCCC. The number of nitrogens with zero attached hydrogens (tertiary/aromatic N) is 2. The summed E-state index contributed by atoms with van der Waals surface area (Å²) >= 11 is 0. The van der Waals surface area contributed by atoms with Gasteiger partial charge in [-0.3, -0.25) is 0 Å². The summed E-state index contributed by atoms with van der Waals surface area (Å²) in [5, 5.41) is 22.4. The van der Waals surface area contributed by atoms with Gasteiger partial charge in [0.25, 0.3) is 0 Å². The van der Waals surface area contributed by atoms with Crippen LogP contribution in [-0.2, 0) is 9.47 Å². The predicted molar refractivity (Wildman–Crippen MR) is 316 cm³/mol. The molecule has 2 aromatic rings.